The highest BCUT2D eigenvalue weighted by Crippen LogP contribution is 2.17. The van der Waals surface area contributed by atoms with Crippen molar-refractivity contribution < 1.29 is 5.11 Å². The van der Waals surface area contributed by atoms with Crippen LogP contribution in [-0.2, 0) is 0 Å². The van der Waals surface area contributed by atoms with Gasteiger partial charge in [-0.05, 0) is 31.4 Å². The third-order valence-corrected chi connectivity index (χ3v) is 3.12. The number of hydrogen-bond donors (Lipinski definition) is 2. The lowest BCUT2D eigenvalue weighted by Crippen LogP contribution is -2.25. The van der Waals surface area contributed by atoms with Crippen LogP contribution >= 0.6 is 0 Å². The van der Waals surface area contributed by atoms with Crippen LogP contribution in [0.1, 0.15) is 51.1 Å². The molecule has 0 saturated heterocycles. The molecule has 2 atom stereocenters. The van der Waals surface area contributed by atoms with Crippen LogP contribution < -0.4 is 5.32 Å². The van der Waals surface area contributed by atoms with Gasteiger partial charge >= 0.3 is 0 Å². The van der Waals surface area contributed by atoms with Gasteiger partial charge in [0.05, 0.1) is 6.10 Å². The quantitative estimate of drug-likeness (QED) is 0.724. The zero-order valence-electron chi connectivity index (χ0n) is 11.0. The number of aliphatic hydroxyl groups is 1. The third kappa shape index (κ3) is 5.33. The molecule has 0 spiro atoms. The first kappa shape index (κ1) is 14.2. The average molecular weight is 235 g/mol. The number of rotatable bonds is 8. The number of hydrogen-bond acceptors (Lipinski definition) is 2. The molecule has 0 radical (unpaired) electrons. The summed E-state index contributed by atoms with van der Waals surface area (Å²) < 4.78 is 0. The molecule has 0 aliphatic heterocycles. The first-order valence-corrected chi connectivity index (χ1v) is 6.74. The predicted molar refractivity (Wildman–Crippen MR) is 73.0 cm³/mol. The fourth-order valence-electron chi connectivity index (χ4n) is 1.99. The van der Waals surface area contributed by atoms with Crippen LogP contribution in [0.5, 0.6) is 0 Å². The summed E-state index contributed by atoms with van der Waals surface area (Å²) in [4.78, 5) is 0. The van der Waals surface area contributed by atoms with E-state index in [1.54, 1.807) is 0 Å². The molecule has 0 amide bonds. The minimum absolute atomic E-state index is 0.166. The zero-order chi connectivity index (χ0) is 12.5. The molecule has 96 valence electrons. The smallest absolute Gasteiger partial charge is 0.0549 e. The summed E-state index contributed by atoms with van der Waals surface area (Å²) in [6.45, 7) is 5.11. The number of aliphatic hydroxyl groups excluding tert-OH is 1. The summed E-state index contributed by atoms with van der Waals surface area (Å²) in [7, 11) is 0. The molecule has 17 heavy (non-hydrogen) atoms. The fraction of sp³-hybridized carbons (Fsp3) is 0.600. The maximum atomic E-state index is 9.53. The topological polar surface area (TPSA) is 32.3 Å². The first-order chi connectivity index (χ1) is 8.27. The molecule has 0 bridgehead atoms. The van der Waals surface area contributed by atoms with Crippen molar-refractivity contribution in [3.05, 3.63) is 35.9 Å². The van der Waals surface area contributed by atoms with Crippen molar-refractivity contribution in [3.63, 3.8) is 0 Å². The highest BCUT2D eigenvalue weighted by molar-refractivity contribution is 5.18. The Hall–Kier alpha value is -0.860. The predicted octanol–water partition coefficient (Wildman–Crippen LogP) is 3.28. The van der Waals surface area contributed by atoms with Gasteiger partial charge < -0.3 is 10.4 Å². The Kier molecular flexibility index (Phi) is 6.90. The summed E-state index contributed by atoms with van der Waals surface area (Å²) in [5.74, 6) is 0. The van der Waals surface area contributed by atoms with Crippen LogP contribution in [0.4, 0.5) is 0 Å². The van der Waals surface area contributed by atoms with Crippen LogP contribution in [0.2, 0.25) is 0 Å². The van der Waals surface area contributed by atoms with Crippen molar-refractivity contribution in [1.29, 1.82) is 0 Å². The lowest BCUT2D eigenvalue weighted by molar-refractivity contribution is 0.158. The Morgan fingerprint density at radius 3 is 2.41 bits per heavy atom. The van der Waals surface area contributed by atoms with E-state index in [-0.39, 0.29) is 6.10 Å². The van der Waals surface area contributed by atoms with Crippen molar-refractivity contribution in [2.75, 3.05) is 6.54 Å². The minimum atomic E-state index is -0.166. The summed E-state index contributed by atoms with van der Waals surface area (Å²) in [5.41, 5.74) is 1.35. The highest BCUT2D eigenvalue weighted by Gasteiger charge is 2.09. The van der Waals surface area contributed by atoms with Gasteiger partial charge in [-0.3, -0.25) is 0 Å². The molecule has 2 unspecified atom stereocenters. The van der Waals surface area contributed by atoms with Crippen LogP contribution in [0.3, 0.4) is 0 Å². The van der Waals surface area contributed by atoms with Gasteiger partial charge in [0.25, 0.3) is 0 Å². The largest absolute Gasteiger partial charge is 0.393 e. The molecule has 0 fully saturated rings. The third-order valence-electron chi connectivity index (χ3n) is 3.12. The summed E-state index contributed by atoms with van der Waals surface area (Å²) >= 11 is 0. The second-order valence-corrected chi connectivity index (χ2v) is 4.56. The molecule has 1 rings (SSSR count). The van der Waals surface area contributed by atoms with Gasteiger partial charge in [-0.2, -0.15) is 0 Å². The first-order valence-electron chi connectivity index (χ1n) is 6.74. The molecule has 2 nitrogen and oxygen atoms in total. The van der Waals surface area contributed by atoms with E-state index < -0.39 is 0 Å². The SMILES string of the molecule is CCCC(NCCC(O)CC)c1ccccc1. The minimum Gasteiger partial charge on any atom is -0.393 e. The maximum absolute atomic E-state index is 9.53. The molecule has 2 N–H and O–H groups in total. The Balaban J connectivity index is 2.44. The maximum Gasteiger partial charge on any atom is 0.0549 e. The van der Waals surface area contributed by atoms with Crippen LogP contribution in [0.15, 0.2) is 30.3 Å². The van der Waals surface area contributed by atoms with Crippen molar-refractivity contribution in [2.45, 2.75) is 51.7 Å². The number of nitrogens with one attached hydrogen (secondary N) is 1. The van der Waals surface area contributed by atoms with Gasteiger partial charge in [0.15, 0.2) is 0 Å². The van der Waals surface area contributed by atoms with Crippen molar-refractivity contribution in [3.8, 4) is 0 Å². The Morgan fingerprint density at radius 1 is 1.12 bits per heavy atom. The molecule has 1 aromatic carbocycles. The normalized spacial score (nSPS) is 14.5. The molecule has 2 heteroatoms. The van der Waals surface area contributed by atoms with Crippen molar-refractivity contribution in [1.82, 2.24) is 5.32 Å². The van der Waals surface area contributed by atoms with E-state index in [1.807, 2.05) is 13.0 Å². The van der Waals surface area contributed by atoms with Crippen molar-refractivity contribution in [2.24, 2.45) is 0 Å². The van der Waals surface area contributed by atoms with Gasteiger partial charge in [-0.1, -0.05) is 50.6 Å². The monoisotopic (exact) mass is 235 g/mol. The summed E-state index contributed by atoms with van der Waals surface area (Å²) in [6, 6.07) is 11.0. The Labute approximate surface area is 105 Å². The van der Waals surface area contributed by atoms with E-state index in [1.165, 1.54) is 12.0 Å². The molecule has 0 aromatic heterocycles. The molecule has 0 heterocycles. The standard InChI is InChI=1S/C15H25NO/c1-3-8-15(13-9-6-5-7-10-13)16-12-11-14(17)4-2/h5-7,9-10,14-17H,3-4,8,11-12H2,1-2H3. The van der Waals surface area contributed by atoms with Gasteiger partial charge in [0.1, 0.15) is 0 Å². The van der Waals surface area contributed by atoms with E-state index >= 15 is 0 Å². The van der Waals surface area contributed by atoms with E-state index in [2.05, 4.69) is 36.5 Å². The second kappa shape index (κ2) is 8.26. The molecular weight excluding hydrogens is 210 g/mol. The lowest BCUT2D eigenvalue weighted by atomic mass is 10.0. The van der Waals surface area contributed by atoms with Crippen LogP contribution in [0.25, 0.3) is 0 Å². The highest BCUT2D eigenvalue weighted by atomic mass is 16.3. The number of benzene rings is 1. The molecule has 1 aromatic rings. The Morgan fingerprint density at radius 2 is 1.82 bits per heavy atom. The van der Waals surface area contributed by atoms with Gasteiger partial charge in [0, 0.05) is 6.04 Å². The van der Waals surface area contributed by atoms with Gasteiger partial charge in [0.2, 0.25) is 0 Å². The second-order valence-electron chi connectivity index (χ2n) is 4.56. The zero-order valence-corrected chi connectivity index (χ0v) is 11.0. The summed E-state index contributed by atoms with van der Waals surface area (Å²) in [5, 5.41) is 13.1. The molecular formula is C15H25NO. The lowest BCUT2D eigenvalue weighted by Gasteiger charge is -2.19. The van der Waals surface area contributed by atoms with E-state index in [0.717, 1.165) is 25.8 Å². The van der Waals surface area contributed by atoms with Gasteiger partial charge in [-0.25, -0.2) is 0 Å². The molecule has 0 aliphatic carbocycles. The van der Waals surface area contributed by atoms with E-state index in [4.69, 9.17) is 0 Å². The molecule has 0 saturated carbocycles. The van der Waals surface area contributed by atoms with Gasteiger partial charge in [-0.15, -0.1) is 0 Å². The average Bonchev–Trinajstić information content (AvgIpc) is 2.38. The summed E-state index contributed by atoms with van der Waals surface area (Å²) in [6.07, 6.45) is 3.82. The van der Waals surface area contributed by atoms with Crippen LogP contribution in [-0.4, -0.2) is 17.8 Å². The molecule has 0 aliphatic rings. The van der Waals surface area contributed by atoms with E-state index in [0.29, 0.717) is 6.04 Å². The van der Waals surface area contributed by atoms with E-state index in [9.17, 15) is 5.11 Å². The fourth-order valence-corrected chi connectivity index (χ4v) is 1.99. The Bertz CT molecular complexity index is 286. The van der Waals surface area contributed by atoms with Crippen molar-refractivity contribution >= 4 is 0 Å². The van der Waals surface area contributed by atoms with Crippen LogP contribution in [0, 0.1) is 0 Å².